The van der Waals surface area contributed by atoms with Crippen molar-refractivity contribution in [2.24, 2.45) is 0 Å². The third kappa shape index (κ3) is 2.68. The minimum absolute atomic E-state index is 0.0145. The molecule has 0 saturated carbocycles. The molecule has 1 N–H and O–H groups in total. The molecule has 0 atom stereocenters. The zero-order chi connectivity index (χ0) is 15.6. The molecule has 1 aromatic heterocycles. The second-order valence-electron chi connectivity index (χ2n) is 4.24. The molecular formula is C14H14O7. The van der Waals surface area contributed by atoms with E-state index < -0.39 is 11.4 Å². The predicted octanol–water partition coefficient (Wildman–Crippen LogP) is 1.79. The highest BCUT2D eigenvalue weighted by molar-refractivity contribution is 5.90. The van der Waals surface area contributed by atoms with E-state index in [2.05, 4.69) is 0 Å². The third-order valence-electron chi connectivity index (χ3n) is 2.93. The summed E-state index contributed by atoms with van der Waals surface area (Å²) in [5, 5.41) is 9.25. The zero-order valence-electron chi connectivity index (χ0n) is 11.8. The number of rotatable bonds is 5. The van der Waals surface area contributed by atoms with Gasteiger partial charge in [-0.25, -0.2) is 4.79 Å². The van der Waals surface area contributed by atoms with E-state index in [1.54, 1.807) is 0 Å². The normalized spacial score (nSPS) is 10.6. The Morgan fingerprint density at radius 1 is 1.29 bits per heavy atom. The van der Waals surface area contributed by atoms with E-state index in [9.17, 15) is 9.59 Å². The molecule has 0 unspecified atom stereocenters. The standard InChI is InChI=1S/C14H14O7/c1-7-12(15)8-4-11(20-6-18-2)10(19-3)5-9(8)21-13(7)14(16)17/h4-5H,6H2,1-3H3,(H,16,17). The molecule has 0 spiro atoms. The first-order valence-corrected chi connectivity index (χ1v) is 6.00. The molecule has 0 fully saturated rings. The van der Waals surface area contributed by atoms with Crippen molar-refractivity contribution in [2.45, 2.75) is 6.92 Å². The molecule has 1 aromatic carbocycles. The molecule has 0 saturated heterocycles. The van der Waals surface area contributed by atoms with Gasteiger partial charge in [-0.05, 0) is 13.0 Å². The van der Waals surface area contributed by atoms with Crippen LogP contribution in [0, 0.1) is 6.92 Å². The quantitative estimate of drug-likeness (QED) is 0.840. The van der Waals surface area contributed by atoms with Crippen LogP contribution in [0.5, 0.6) is 11.5 Å². The number of carboxylic acid groups (broad SMARTS) is 1. The van der Waals surface area contributed by atoms with Crippen LogP contribution in [0.1, 0.15) is 16.1 Å². The van der Waals surface area contributed by atoms with Gasteiger partial charge < -0.3 is 23.7 Å². The van der Waals surface area contributed by atoms with E-state index in [0.717, 1.165) is 0 Å². The molecule has 7 nitrogen and oxygen atoms in total. The molecule has 21 heavy (non-hydrogen) atoms. The topological polar surface area (TPSA) is 95.2 Å². The summed E-state index contributed by atoms with van der Waals surface area (Å²) < 4.78 is 20.5. The summed E-state index contributed by atoms with van der Waals surface area (Å²) in [4.78, 5) is 23.3. The minimum Gasteiger partial charge on any atom is -0.493 e. The van der Waals surface area contributed by atoms with E-state index in [4.69, 9.17) is 23.7 Å². The molecule has 0 amide bonds. The van der Waals surface area contributed by atoms with Gasteiger partial charge in [-0.15, -0.1) is 0 Å². The Morgan fingerprint density at radius 3 is 2.57 bits per heavy atom. The van der Waals surface area contributed by atoms with Crippen molar-refractivity contribution >= 4 is 16.9 Å². The summed E-state index contributed by atoms with van der Waals surface area (Å²) in [6.45, 7) is 1.38. The summed E-state index contributed by atoms with van der Waals surface area (Å²) in [5.74, 6) is -1.07. The van der Waals surface area contributed by atoms with Gasteiger partial charge in [0.05, 0.1) is 12.5 Å². The number of carboxylic acids is 1. The third-order valence-corrected chi connectivity index (χ3v) is 2.93. The highest BCUT2D eigenvalue weighted by Crippen LogP contribution is 2.32. The summed E-state index contributed by atoms with van der Waals surface area (Å²) in [7, 11) is 2.89. The van der Waals surface area contributed by atoms with E-state index >= 15 is 0 Å². The van der Waals surface area contributed by atoms with Crippen LogP contribution < -0.4 is 14.9 Å². The Balaban J connectivity index is 2.72. The minimum atomic E-state index is -1.30. The van der Waals surface area contributed by atoms with Crippen molar-refractivity contribution in [3.05, 3.63) is 33.7 Å². The number of hydrogen-bond donors (Lipinski definition) is 1. The van der Waals surface area contributed by atoms with Crippen LogP contribution in [0.25, 0.3) is 11.0 Å². The zero-order valence-corrected chi connectivity index (χ0v) is 11.8. The smallest absolute Gasteiger partial charge is 0.372 e. The monoisotopic (exact) mass is 294 g/mol. The Hall–Kier alpha value is -2.54. The van der Waals surface area contributed by atoms with Crippen molar-refractivity contribution < 1.29 is 28.5 Å². The molecule has 112 valence electrons. The van der Waals surface area contributed by atoms with Crippen LogP contribution in [0.4, 0.5) is 0 Å². The van der Waals surface area contributed by atoms with Crippen LogP contribution in [0.2, 0.25) is 0 Å². The Labute approximate surface area is 119 Å². The number of ether oxygens (including phenoxy) is 3. The maximum atomic E-state index is 12.2. The number of carbonyl (C=O) groups is 1. The molecule has 7 heteroatoms. The number of methoxy groups -OCH3 is 2. The first-order valence-electron chi connectivity index (χ1n) is 6.00. The second-order valence-corrected chi connectivity index (χ2v) is 4.24. The number of aromatic carboxylic acids is 1. The fourth-order valence-electron chi connectivity index (χ4n) is 1.89. The van der Waals surface area contributed by atoms with E-state index in [0.29, 0.717) is 11.5 Å². The Morgan fingerprint density at radius 2 is 2.00 bits per heavy atom. The molecule has 2 rings (SSSR count). The largest absolute Gasteiger partial charge is 0.493 e. The lowest BCUT2D eigenvalue weighted by Crippen LogP contribution is -2.13. The van der Waals surface area contributed by atoms with Gasteiger partial charge in [0.1, 0.15) is 5.58 Å². The van der Waals surface area contributed by atoms with Gasteiger partial charge in [-0.3, -0.25) is 4.79 Å². The summed E-state index contributed by atoms with van der Waals surface area (Å²) in [6.07, 6.45) is 0. The summed E-state index contributed by atoms with van der Waals surface area (Å²) >= 11 is 0. The van der Waals surface area contributed by atoms with Gasteiger partial charge in [-0.1, -0.05) is 0 Å². The average Bonchev–Trinajstić information content (AvgIpc) is 2.47. The highest BCUT2D eigenvalue weighted by Gasteiger charge is 2.19. The van der Waals surface area contributed by atoms with Crippen LogP contribution in [0.15, 0.2) is 21.3 Å². The van der Waals surface area contributed by atoms with E-state index in [-0.39, 0.29) is 29.1 Å². The maximum absolute atomic E-state index is 12.2. The second kappa shape index (κ2) is 5.84. The lowest BCUT2D eigenvalue weighted by molar-refractivity contribution is 0.0492. The van der Waals surface area contributed by atoms with Gasteiger partial charge in [0.15, 0.2) is 23.7 Å². The fraction of sp³-hybridized carbons (Fsp3) is 0.286. The SMILES string of the molecule is COCOc1cc2c(=O)c(C)c(C(=O)O)oc2cc1OC. The van der Waals surface area contributed by atoms with Crippen LogP contribution >= 0.6 is 0 Å². The van der Waals surface area contributed by atoms with Crippen molar-refractivity contribution in [3.63, 3.8) is 0 Å². The average molecular weight is 294 g/mol. The van der Waals surface area contributed by atoms with Crippen molar-refractivity contribution in [2.75, 3.05) is 21.0 Å². The molecule has 0 bridgehead atoms. The number of benzene rings is 1. The summed E-state index contributed by atoms with van der Waals surface area (Å²) in [5.41, 5.74) is -0.291. The first kappa shape index (κ1) is 14.9. The van der Waals surface area contributed by atoms with Gasteiger partial charge in [0, 0.05) is 18.7 Å². The molecule has 1 heterocycles. The van der Waals surface area contributed by atoms with Gasteiger partial charge in [0.25, 0.3) is 0 Å². The molecule has 0 aliphatic rings. The lowest BCUT2D eigenvalue weighted by atomic mass is 10.1. The van der Waals surface area contributed by atoms with Gasteiger partial charge in [0.2, 0.25) is 5.76 Å². The first-order chi connectivity index (χ1) is 9.99. The Kier molecular flexibility index (Phi) is 4.13. The molecule has 2 aromatic rings. The van der Waals surface area contributed by atoms with Crippen molar-refractivity contribution in [1.29, 1.82) is 0 Å². The lowest BCUT2D eigenvalue weighted by Gasteiger charge is -2.11. The predicted molar refractivity (Wildman–Crippen MR) is 73.2 cm³/mol. The molecular weight excluding hydrogens is 280 g/mol. The van der Waals surface area contributed by atoms with Crippen LogP contribution in [-0.2, 0) is 4.74 Å². The molecule has 0 aliphatic carbocycles. The van der Waals surface area contributed by atoms with Crippen molar-refractivity contribution in [1.82, 2.24) is 0 Å². The van der Waals surface area contributed by atoms with Gasteiger partial charge >= 0.3 is 5.97 Å². The van der Waals surface area contributed by atoms with Gasteiger partial charge in [-0.2, -0.15) is 0 Å². The highest BCUT2D eigenvalue weighted by atomic mass is 16.7. The fourth-order valence-corrected chi connectivity index (χ4v) is 1.89. The van der Waals surface area contributed by atoms with E-state index in [1.165, 1.54) is 33.3 Å². The maximum Gasteiger partial charge on any atom is 0.372 e. The van der Waals surface area contributed by atoms with E-state index in [1.807, 2.05) is 0 Å². The molecule has 0 aliphatic heterocycles. The van der Waals surface area contributed by atoms with Crippen LogP contribution in [-0.4, -0.2) is 32.1 Å². The number of fused-ring (bicyclic) bond motifs is 1. The molecule has 0 radical (unpaired) electrons. The Bertz CT molecular complexity index is 745. The van der Waals surface area contributed by atoms with Crippen LogP contribution in [0.3, 0.4) is 0 Å². The van der Waals surface area contributed by atoms with Crippen molar-refractivity contribution in [3.8, 4) is 11.5 Å². The number of hydrogen-bond acceptors (Lipinski definition) is 6. The summed E-state index contributed by atoms with van der Waals surface area (Å²) in [6, 6.07) is 2.85.